The highest BCUT2D eigenvalue weighted by molar-refractivity contribution is 6.31. The molecule has 1 N–H and O–H groups in total. The molecule has 0 fully saturated rings. The van der Waals surface area contributed by atoms with Crippen molar-refractivity contribution in [3.05, 3.63) is 59.5 Å². The molecule has 4 rings (SSSR count). The van der Waals surface area contributed by atoms with Crippen molar-refractivity contribution in [1.29, 1.82) is 0 Å². The van der Waals surface area contributed by atoms with Gasteiger partial charge in [-0.3, -0.25) is 5.10 Å². The lowest BCUT2D eigenvalue weighted by Crippen LogP contribution is -2.06. The minimum Gasteiger partial charge on any atom is -0.487 e. The summed E-state index contributed by atoms with van der Waals surface area (Å²) < 4.78 is 12.1. The number of nitrogens with one attached hydrogen (secondary N) is 1. The Morgan fingerprint density at radius 3 is 2.64 bits per heavy atom. The first kappa shape index (κ1) is 18.3. The second-order valence-electron chi connectivity index (χ2n) is 6.62. The van der Waals surface area contributed by atoms with Crippen molar-refractivity contribution in [2.45, 2.75) is 26.9 Å². The summed E-state index contributed by atoms with van der Waals surface area (Å²) in [5.41, 5.74) is 2.89. The molecule has 3 heterocycles. The van der Waals surface area contributed by atoms with Crippen LogP contribution in [0.1, 0.15) is 19.5 Å². The van der Waals surface area contributed by atoms with Crippen LogP contribution in [0.3, 0.4) is 0 Å². The predicted octanol–water partition coefficient (Wildman–Crippen LogP) is 5.56. The zero-order valence-corrected chi connectivity index (χ0v) is 16.5. The van der Waals surface area contributed by atoms with E-state index in [-0.39, 0.29) is 11.3 Å². The number of hydrogen-bond donors (Lipinski definition) is 1. The van der Waals surface area contributed by atoms with Gasteiger partial charge in [0.2, 0.25) is 0 Å². The average molecular weight is 395 g/mol. The van der Waals surface area contributed by atoms with Crippen LogP contribution in [0.15, 0.2) is 48.7 Å². The van der Waals surface area contributed by atoms with Gasteiger partial charge in [0.25, 0.3) is 0 Å². The van der Waals surface area contributed by atoms with Gasteiger partial charge in [0, 0.05) is 17.3 Å². The van der Waals surface area contributed by atoms with Crippen LogP contribution in [0.25, 0.3) is 22.3 Å². The zero-order chi connectivity index (χ0) is 19.7. The van der Waals surface area contributed by atoms with Gasteiger partial charge >= 0.3 is 0 Å². The Kier molecular flexibility index (Phi) is 4.88. The first-order valence-corrected chi connectivity index (χ1v) is 9.31. The van der Waals surface area contributed by atoms with Gasteiger partial charge in [0.05, 0.1) is 11.7 Å². The molecule has 0 aliphatic heterocycles. The number of nitrogens with zero attached hydrogens (tertiary/aromatic N) is 3. The summed E-state index contributed by atoms with van der Waals surface area (Å²) in [6, 6.07) is 13.2. The van der Waals surface area contributed by atoms with E-state index < -0.39 is 0 Å². The summed E-state index contributed by atoms with van der Waals surface area (Å²) in [6.45, 7) is 5.80. The molecule has 142 valence electrons. The van der Waals surface area contributed by atoms with Gasteiger partial charge in [-0.1, -0.05) is 23.7 Å². The van der Waals surface area contributed by atoms with Crippen LogP contribution < -0.4 is 9.47 Å². The molecule has 0 saturated carbocycles. The van der Waals surface area contributed by atoms with Crippen LogP contribution in [0.4, 0.5) is 0 Å². The number of fused-ring (bicyclic) bond motifs is 1. The van der Waals surface area contributed by atoms with Crippen LogP contribution in [-0.2, 0) is 0 Å². The largest absolute Gasteiger partial charge is 0.487 e. The third-order valence-electron chi connectivity index (χ3n) is 4.08. The molecule has 3 aromatic heterocycles. The van der Waals surface area contributed by atoms with Crippen LogP contribution in [0.2, 0.25) is 5.15 Å². The van der Waals surface area contributed by atoms with Crippen LogP contribution in [0.5, 0.6) is 17.2 Å². The smallest absolute Gasteiger partial charge is 0.174 e. The van der Waals surface area contributed by atoms with E-state index in [0.29, 0.717) is 28.6 Å². The number of ether oxygens (including phenoxy) is 2. The maximum atomic E-state index is 6.48. The van der Waals surface area contributed by atoms with Gasteiger partial charge in [0.15, 0.2) is 28.0 Å². The SMILES string of the molecule is Cc1cc(-c2n[nH]c3ncccc23)c(Oc2ccccc2OC(C)C)c(Cl)n1. The molecule has 0 unspecified atom stereocenters. The Morgan fingerprint density at radius 1 is 1.07 bits per heavy atom. The molecule has 28 heavy (non-hydrogen) atoms. The Hall–Kier alpha value is -3.12. The average Bonchev–Trinajstić information content (AvgIpc) is 3.08. The minimum absolute atomic E-state index is 0.0113. The van der Waals surface area contributed by atoms with E-state index in [9.17, 15) is 0 Å². The Balaban J connectivity index is 1.85. The topological polar surface area (TPSA) is 72.9 Å². The molecule has 0 aliphatic rings. The standard InChI is InChI=1S/C21H19ClN4O2/c1-12(2)27-16-8-4-5-9-17(16)28-19-15(11-13(3)24-20(19)22)18-14-7-6-10-23-21(14)26-25-18/h4-12H,1-3H3,(H,23,25,26). The molecule has 0 spiro atoms. The predicted molar refractivity (Wildman–Crippen MR) is 109 cm³/mol. The quantitative estimate of drug-likeness (QED) is 0.448. The van der Waals surface area contributed by atoms with Crippen molar-refractivity contribution in [2.75, 3.05) is 0 Å². The fourth-order valence-electron chi connectivity index (χ4n) is 2.95. The maximum Gasteiger partial charge on any atom is 0.174 e. The Labute approximate surface area is 167 Å². The molecule has 6 nitrogen and oxygen atoms in total. The summed E-state index contributed by atoms with van der Waals surface area (Å²) in [6.07, 6.45) is 1.73. The third kappa shape index (κ3) is 3.51. The van der Waals surface area contributed by atoms with Gasteiger partial charge < -0.3 is 9.47 Å². The zero-order valence-electron chi connectivity index (χ0n) is 15.7. The van der Waals surface area contributed by atoms with E-state index in [1.807, 2.05) is 63.2 Å². The van der Waals surface area contributed by atoms with E-state index in [1.165, 1.54) is 0 Å². The van der Waals surface area contributed by atoms with E-state index in [0.717, 1.165) is 16.6 Å². The second kappa shape index (κ2) is 7.48. The molecule has 0 atom stereocenters. The highest BCUT2D eigenvalue weighted by Crippen LogP contribution is 2.42. The van der Waals surface area contributed by atoms with E-state index in [2.05, 4.69) is 20.2 Å². The van der Waals surface area contributed by atoms with Crippen LogP contribution >= 0.6 is 11.6 Å². The summed E-state index contributed by atoms with van der Waals surface area (Å²) >= 11 is 6.48. The lowest BCUT2D eigenvalue weighted by Gasteiger charge is -2.17. The van der Waals surface area contributed by atoms with Gasteiger partial charge in [-0.2, -0.15) is 5.10 Å². The van der Waals surface area contributed by atoms with Gasteiger partial charge in [-0.05, 0) is 51.1 Å². The number of aryl methyl sites for hydroxylation is 1. The monoisotopic (exact) mass is 394 g/mol. The van der Waals surface area contributed by atoms with Crippen molar-refractivity contribution >= 4 is 22.6 Å². The molecule has 0 amide bonds. The molecule has 4 aromatic rings. The molecule has 0 radical (unpaired) electrons. The lowest BCUT2D eigenvalue weighted by atomic mass is 10.1. The normalized spacial score (nSPS) is 11.2. The van der Waals surface area contributed by atoms with Crippen molar-refractivity contribution in [2.24, 2.45) is 0 Å². The number of pyridine rings is 2. The highest BCUT2D eigenvalue weighted by atomic mass is 35.5. The Morgan fingerprint density at radius 2 is 1.86 bits per heavy atom. The fourth-order valence-corrected chi connectivity index (χ4v) is 3.23. The highest BCUT2D eigenvalue weighted by Gasteiger charge is 2.20. The first-order chi connectivity index (χ1) is 13.5. The third-order valence-corrected chi connectivity index (χ3v) is 4.33. The molecular formula is C21H19ClN4O2. The number of halogens is 1. The van der Waals surface area contributed by atoms with Crippen molar-refractivity contribution in [3.63, 3.8) is 0 Å². The number of aromatic amines is 1. The summed E-state index contributed by atoms with van der Waals surface area (Å²) in [5, 5.41) is 8.52. The summed E-state index contributed by atoms with van der Waals surface area (Å²) in [4.78, 5) is 8.66. The van der Waals surface area contributed by atoms with Crippen molar-refractivity contribution in [3.8, 4) is 28.5 Å². The van der Waals surface area contributed by atoms with Crippen LogP contribution in [-0.4, -0.2) is 26.3 Å². The number of benzene rings is 1. The first-order valence-electron chi connectivity index (χ1n) is 8.93. The van der Waals surface area contributed by atoms with E-state index in [1.54, 1.807) is 6.20 Å². The maximum absolute atomic E-state index is 6.48. The van der Waals surface area contributed by atoms with Gasteiger partial charge in [0.1, 0.15) is 5.69 Å². The molecule has 0 aliphatic carbocycles. The number of para-hydroxylation sites is 2. The number of hydrogen-bond acceptors (Lipinski definition) is 5. The van der Waals surface area contributed by atoms with Gasteiger partial charge in [-0.15, -0.1) is 0 Å². The molecule has 7 heteroatoms. The number of rotatable bonds is 5. The van der Waals surface area contributed by atoms with E-state index >= 15 is 0 Å². The second-order valence-corrected chi connectivity index (χ2v) is 6.98. The minimum atomic E-state index is 0.0113. The van der Waals surface area contributed by atoms with Gasteiger partial charge in [-0.25, -0.2) is 9.97 Å². The summed E-state index contributed by atoms with van der Waals surface area (Å²) in [7, 11) is 0. The number of H-pyrrole nitrogens is 1. The molecular weight excluding hydrogens is 376 g/mol. The molecule has 1 aromatic carbocycles. The summed E-state index contributed by atoms with van der Waals surface area (Å²) in [5.74, 6) is 1.61. The number of aromatic nitrogens is 4. The van der Waals surface area contributed by atoms with Crippen molar-refractivity contribution in [1.82, 2.24) is 20.2 Å². The lowest BCUT2D eigenvalue weighted by molar-refractivity contribution is 0.233. The molecule has 0 saturated heterocycles. The van der Waals surface area contributed by atoms with Crippen LogP contribution in [0, 0.1) is 6.92 Å². The van der Waals surface area contributed by atoms with Crippen molar-refractivity contribution < 1.29 is 9.47 Å². The Bertz CT molecular complexity index is 1140. The molecule has 0 bridgehead atoms. The van der Waals surface area contributed by atoms with E-state index in [4.69, 9.17) is 21.1 Å². The fraction of sp³-hybridized carbons (Fsp3) is 0.190.